The molecule has 0 saturated carbocycles. The molecule has 1 atom stereocenters. The molecule has 35 heavy (non-hydrogen) atoms. The predicted octanol–water partition coefficient (Wildman–Crippen LogP) is 3.79. The second-order valence-electron chi connectivity index (χ2n) is 9.28. The van der Waals surface area contributed by atoms with E-state index in [4.69, 9.17) is 4.74 Å². The third kappa shape index (κ3) is 8.68. The highest BCUT2D eigenvalue weighted by molar-refractivity contribution is 14.1. The van der Waals surface area contributed by atoms with Gasteiger partial charge in [-0.2, -0.15) is 0 Å². The van der Waals surface area contributed by atoms with Crippen molar-refractivity contribution in [1.82, 2.24) is 10.2 Å². The van der Waals surface area contributed by atoms with E-state index in [9.17, 15) is 18.0 Å². The van der Waals surface area contributed by atoms with Crippen molar-refractivity contribution in [2.45, 2.75) is 52.2 Å². The summed E-state index contributed by atoms with van der Waals surface area (Å²) in [6.07, 6.45) is 1.42. The molecule has 0 saturated heterocycles. The molecule has 0 fully saturated rings. The maximum absolute atomic E-state index is 13.7. The number of rotatable bonds is 10. The summed E-state index contributed by atoms with van der Waals surface area (Å²) in [7, 11) is -2.21. The second-order valence-corrected chi connectivity index (χ2v) is 12.4. The molecular weight excluding hydrogens is 581 g/mol. The van der Waals surface area contributed by atoms with E-state index in [-0.39, 0.29) is 12.5 Å². The van der Waals surface area contributed by atoms with E-state index in [0.717, 1.165) is 19.7 Å². The third-order valence-corrected chi connectivity index (χ3v) is 7.02. The predicted molar refractivity (Wildman–Crippen MR) is 147 cm³/mol. The Morgan fingerprint density at radius 1 is 1.11 bits per heavy atom. The maximum atomic E-state index is 13.7. The van der Waals surface area contributed by atoms with Gasteiger partial charge >= 0.3 is 0 Å². The zero-order valence-electron chi connectivity index (χ0n) is 21.0. The van der Waals surface area contributed by atoms with E-state index >= 15 is 0 Å². The van der Waals surface area contributed by atoms with Gasteiger partial charge in [0.2, 0.25) is 21.8 Å². The molecule has 2 amide bonds. The monoisotopic (exact) mass is 615 g/mol. The number of anilines is 1. The molecule has 0 aliphatic rings. The van der Waals surface area contributed by atoms with Crippen molar-refractivity contribution in [1.29, 1.82) is 0 Å². The van der Waals surface area contributed by atoms with Crippen molar-refractivity contribution in [3.8, 4) is 5.75 Å². The van der Waals surface area contributed by atoms with Gasteiger partial charge in [0.1, 0.15) is 18.3 Å². The third-order valence-electron chi connectivity index (χ3n) is 5.16. The number of ether oxygens (including phenoxy) is 1. The van der Waals surface area contributed by atoms with Crippen molar-refractivity contribution >= 4 is 50.1 Å². The van der Waals surface area contributed by atoms with Crippen molar-refractivity contribution in [2.24, 2.45) is 0 Å². The number of hydrogen-bond acceptors (Lipinski definition) is 5. The Morgan fingerprint density at radius 2 is 1.74 bits per heavy atom. The van der Waals surface area contributed by atoms with Gasteiger partial charge in [-0.1, -0.05) is 19.1 Å². The summed E-state index contributed by atoms with van der Waals surface area (Å²) in [5.41, 5.74) is 0.657. The van der Waals surface area contributed by atoms with E-state index in [1.54, 1.807) is 49.6 Å². The number of methoxy groups -OCH3 is 1. The minimum Gasteiger partial charge on any atom is -0.497 e. The van der Waals surface area contributed by atoms with E-state index in [1.807, 2.05) is 33.8 Å². The Bertz CT molecular complexity index is 1130. The number of carbonyl (C=O) groups excluding carboxylic acids is 2. The molecule has 0 aliphatic carbocycles. The van der Waals surface area contributed by atoms with Crippen LogP contribution < -0.4 is 14.4 Å². The molecule has 0 unspecified atom stereocenters. The largest absolute Gasteiger partial charge is 0.497 e. The van der Waals surface area contributed by atoms with Crippen LogP contribution >= 0.6 is 22.6 Å². The van der Waals surface area contributed by atoms with E-state index in [0.29, 0.717) is 17.9 Å². The van der Waals surface area contributed by atoms with Crippen LogP contribution in [-0.2, 0) is 26.2 Å². The minimum absolute atomic E-state index is 0.121. The molecule has 0 aliphatic heterocycles. The lowest BCUT2D eigenvalue weighted by Crippen LogP contribution is -2.55. The average molecular weight is 616 g/mol. The summed E-state index contributed by atoms with van der Waals surface area (Å²) in [5, 5.41) is 2.95. The van der Waals surface area contributed by atoms with Gasteiger partial charge in [0.25, 0.3) is 0 Å². The fourth-order valence-corrected chi connectivity index (χ4v) is 4.77. The number of halogens is 1. The zero-order valence-corrected chi connectivity index (χ0v) is 24.0. The molecule has 2 aromatic rings. The molecule has 0 bridgehead atoms. The minimum atomic E-state index is -3.76. The molecule has 8 nitrogen and oxygen atoms in total. The molecule has 1 N–H and O–H groups in total. The Kier molecular flexibility index (Phi) is 9.96. The summed E-state index contributed by atoms with van der Waals surface area (Å²) < 4.78 is 32.6. The lowest BCUT2D eigenvalue weighted by molar-refractivity contribution is -0.141. The first kappa shape index (κ1) is 28.9. The number of carbonyl (C=O) groups is 2. The molecule has 0 heterocycles. The van der Waals surface area contributed by atoms with Crippen LogP contribution in [0.25, 0.3) is 0 Å². The summed E-state index contributed by atoms with van der Waals surface area (Å²) in [5.74, 6) is -0.150. The van der Waals surface area contributed by atoms with Gasteiger partial charge in [-0.15, -0.1) is 0 Å². The van der Waals surface area contributed by atoms with E-state index in [1.165, 1.54) is 4.90 Å². The first-order chi connectivity index (χ1) is 16.2. The van der Waals surface area contributed by atoms with Crippen molar-refractivity contribution < 1.29 is 22.7 Å². The Morgan fingerprint density at radius 3 is 2.26 bits per heavy atom. The molecule has 0 aromatic heterocycles. The van der Waals surface area contributed by atoms with Crippen LogP contribution in [0.1, 0.15) is 39.7 Å². The van der Waals surface area contributed by atoms with Gasteiger partial charge in [0.15, 0.2) is 0 Å². The standard InChI is InChI=1S/C25H34IN3O5S/c1-7-22(24(31)27-25(2,3)4)28(16-18-9-8-10-21(15-18)34-5)23(30)17-29(35(6,32)33)20-13-11-19(26)12-14-20/h8-15,22H,7,16-17H2,1-6H3,(H,27,31)/t22-/m1/s1. The van der Waals surface area contributed by atoms with Crippen molar-refractivity contribution in [3.63, 3.8) is 0 Å². The number of benzene rings is 2. The first-order valence-corrected chi connectivity index (χ1v) is 14.2. The van der Waals surface area contributed by atoms with Gasteiger partial charge in [0.05, 0.1) is 19.1 Å². The summed E-state index contributed by atoms with van der Waals surface area (Å²) in [4.78, 5) is 28.3. The highest BCUT2D eigenvalue weighted by Crippen LogP contribution is 2.22. The highest BCUT2D eigenvalue weighted by Gasteiger charge is 2.33. The lowest BCUT2D eigenvalue weighted by Gasteiger charge is -2.34. The second kappa shape index (κ2) is 12.1. The molecule has 2 aromatic carbocycles. The molecular formula is C25H34IN3O5S. The fourth-order valence-electron chi connectivity index (χ4n) is 3.56. The number of nitrogens with zero attached hydrogens (tertiary/aromatic N) is 2. The van der Waals surface area contributed by atoms with Crippen LogP contribution in [0.5, 0.6) is 5.75 Å². The number of amides is 2. The summed E-state index contributed by atoms with van der Waals surface area (Å²) in [6.45, 7) is 7.13. The number of nitrogens with one attached hydrogen (secondary N) is 1. The zero-order chi connectivity index (χ0) is 26.4. The van der Waals surface area contributed by atoms with E-state index < -0.39 is 34.1 Å². The van der Waals surface area contributed by atoms with Gasteiger partial charge < -0.3 is 15.0 Å². The molecule has 10 heteroatoms. The Labute approximate surface area is 222 Å². The van der Waals surface area contributed by atoms with Crippen LogP contribution in [0, 0.1) is 3.57 Å². The van der Waals surface area contributed by atoms with Gasteiger partial charge in [0, 0.05) is 15.7 Å². The normalized spacial score (nSPS) is 12.5. The Balaban J connectivity index is 2.46. The Hall–Kier alpha value is -2.34. The van der Waals surface area contributed by atoms with Gasteiger partial charge in [-0.05, 0) is 91.7 Å². The van der Waals surface area contributed by atoms with Crippen LogP contribution in [-0.4, -0.2) is 56.6 Å². The van der Waals surface area contributed by atoms with Crippen LogP contribution in [0.2, 0.25) is 0 Å². The number of sulfonamides is 1. The van der Waals surface area contributed by atoms with Gasteiger partial charge in [-0.25, -0.2) is 8.42 Å². The topological polar surface area (TPSA) is 96.0 Å². The van der Waals surface area contributed by atoms with Crippen molar-refractivity contribution in [3.05, 3.63) is 57.7 Å². The first-order valence-electron chi connectivity index (χ1n) is 11.2. The molecule has 192 valence electrons. The molecule has 0 spiro atoms. The van der Waals surface area contributed by atoms with Crippen LogP contribution in [0.4, 0.5) is 5.69 Å². The SMILES string of the molecule is CC[C@H](C(=O)NC(C)(C)C)N(Cc1cccc(OC)c1)C(=O)CN(c1ccc(I)cc1)S(C)(=O)=O. The maximum Gasteiger partial charge on any atom is 0.244 e. The molecule has 2 rings (SSSR count). The van der Waals surface area contributed by atoms with Gasteiger partial charge in [-0.3, -0.25) is 13.9 Å². The summed E-state index contributed by atoms with van der Waals surface area (Å²) in [6, 6.07) is 13.3. The quantitative estimate of drug-likeness (QED) is 0.411. The molecule has 0 radical (unpaired) electrons. The fraction of sp³-hybridized carbons (Fsp3) is 0.440. The lowest BCUT2D eigenvalue weighted by atomic mass is 10.1. The van der Waals surface area contributed by atoms with E-state index in [2.05, 4.69) is 27.9 Å². The van der Waals surface area contributed by atoms with Crippen molar-refractivity contribution in [2.75, 3.05) is 24.2 Å². The number of hydrogen-bond donors (Lipinski definition) is 1. The summed E-state index contributed by atoms with van der Waals surface area (Å²) >= 11 is 2.13. The smallest absolute Gasteiger partial charge is 0.244 e. The highest BCUT2D eigenvalue weighted by atomic mass is 127. The average Bonchev–Trinajstić information content (AvgIpc) is 2.76. The van der Waals surface area contributed by atoms with Crippen LogP contribution in [0.15, 0.2) is 48.5 Å². The van der Waals surface area contributed by atoms with Crippen LogP contribution in [0.3, 0.4) is 0 Å².